The maximum absolute atomic E-state index is 2.51. The first-order chi connectivity index (χ1) is 14.8. The van der Waals surface area contributed by atoms with Crippen LogP contribution in [0.2, 0.25) is 6.55 Å². The molecule has 5 rings (SSSR count). The molecular weight excluding hydrogens is 398 g/mol. The minimum atomic E-state index is -2.10. The van der Waals surface area contributed by atoms with Crippen LogP contribution in [0.5, 0.6) is 0 Å². The first-order valence-electron chi connectivity index (χ1n) is 10.4. The van der Waals surface area contributed by atoms with Gasteiger partial charge in [-0.1, -0.05) is 104 Å². The fourth-order valence-corrected chi connectivity index (χ4v) is 10.1. The van der Waals surface area contributed by atoms with Crippen LogP contribution in [0.4, 0.5) is 5.69 Å². The van der Waals surface area contributed by atoms with Crippen molar-refractivity contribution in [1.29, 1.82) is 0 Å². The molecule has 148 valence electrons. The predicted molar refractivity (Wildman–Crippen MR) is 133 cm³/mol. The fourth-order valence-electron chi connectivity index (χ4n) is 4.49. The monoisotopic (exact) mass is 423 g/mol. The predicted octanol–water partition coefficient (Wildman–Crippen LogP) is 4.86. The lowest BCUT2D eigenvalue weighted by Crippen LogP contribution is -2.65. The van der Waals surface area contributed by atoms with Crippen LogP contribution < -0.4 is 20.5 Å². The fraction of sp³-hybridized carbons (Fsp3) is 0.111. The molecule has 0 saturated heterocycles. The molecule has 0 N–H and O–H groups in total. The molecule has 1 aliphatic heterocycles. The third-order valence-electron chi connectivity index (χ3n) is 6.18. The molecule has 3 heteroatoms. The Morgan fingerprint density at radius 2 is 1.23 bits per heavy atom. The van der Waals surface area contributed by atoms with Crippen molar-refractivity contribution in [2.75, 3.05) is 10.8 Å². The number of benzene rings is 4. The van der Waals surface area contributed by atoms with E-state index in [0.29, 0.717) is 0 Å². The lowest BCUT2D eigenvalue weighted by atomic mass is 10.2. The van der Waals surface area contributed by atoms with Crippen molar-refractivity contribution in [2.45, 2.75) is 18.0 Å². The zero-order valence-electron chi connectivity index (χ0n) is 17.2. The Labute approximate surface area is 184 Å². The van der Waals surface area contributed by atoms with Gasteiger partial charge in [-0.2, -0.15) is 0 Å². The van der Waals surface area contributed by atoms with Gasteiger partial charge in [0.15, 0.2) is 0 Å². The molecule has 4 aromatic rings. The highest BCUT2D eigenvalue weighted by atomic mass is 32.2. The number of nitrogens with zero attached hydrogens (tertiary/aromatic N) is 1. The number of para-hydroxylation sites is 1. The normalized spacial score (nSPS) is 13.7. The van der Waals surface area contributed by atoms with Crippen molar-refractivity contribution in [3.63, 3.8) is 0 Å². The average molecular weight is 424 g/mol. The van der Waals surface area contributed by atoms with Gasteiger partial charge in [0.25, 0.3) is 0 Å². The number of hydrogen-bond acceptors (Lipinski definition) is 2. The van der Waals surface area contributed by atoms with Gasteiger partial charge < -0.3 is 4.90 Å². The van der Waals surface area contributed by atoms with Crippen LogP contribution >= 0.6 is 11.8 Å². The standard InChI is InChI=1S/C27H25NSSi/c1-30(24-15-7-3-8-16-24,25-17-9-4-10-18-25)26-19-11-12-22-20-28(21-29-27(22)26)23-13-5-2-6-14-23/h2-19H,20-21H2,1H3. The van der Waals surface area contributed by atoms with Crippen LogP contribution in [0.25, 0.3) is 0 Å². The number of anilines is 1. The average Bonchev–Trinajstić information content (AvgIpc) is 2.84. The first-order valence-corrected chi connectivity index (χ1v) is 13.9. The number of thioether (sulfide) groups is 1. The molecule has 1 heterocycles. The zero-order chi connectivity index (χ0) is 20.4. The van der Waals surface area contributed by atoms with Gasteiger partial charge in [0.2, 0.25) is 0 Å². The minimum absolute atomic E-state index is 0.967. The van der Waals surface area contributed by atoms with E-state index in [1.54, 1.807) is 0 Å². The van der Waals surface area contributed by atoms with Gasteiger partial charge in [-0.15, -0.1) is 11.8 Å². The molecule has 0 bridgehead atoms. The topological polar surface area (TPSA) is 3.24 Å². The Balaban J connectivity index is 1.63. The maximum atomic E-state index is 2.51. The van der Waals surface area contributed by atoms with Gasteiger partial charge in [0, 0.05) is 17.1 Å². The van der Waals surface area contributed by atoms with Gasteiger partial charge in [0.05, 0.1) is 5.88 Å². The summed E-state index contributed by atoms with van der Waals surface area (Å²) in [5.41, 5.74) is 2.74. The van der Waals surface area contributed by atoms with E-state index >= 15 is 0 Å². The molecular formula is C27H25NSSi. The maximum Gasteiger partial charge on any atom is 0.146 e. The van der Waals surface area contributed by atoms with Gasteiger partial charge in [-0.25, -0.2) is 0 Å². The summed E-state index contributed by atoms with van der Waals surface area (Å²) in [5.74, 6) is 0.988. The molecule has 0 fully saturated rings. The lowest BCUT2D eigenvalue weighted by Gasteiger charge is -2.36. The molecule has 0 spiro atoms. The van der Waals surface area contributed by atoms with E-state index in [1.807, 2.05) is 11.8 Å². The zero-order valence-corrected chi connectivity index (χ0v) is 19.0. The van der Waals surface area contributed by atoms with Gasteiger partial charge in [-0.3, -0.25) is 0 Å². The van der Waals surface area contributed by atoms with Crippen LogP contribution in [-0.4, -0.2) is 14.0 Å². The van der Waals surface area contributed by atoms with E-state index in [2.05, 4.69) is 121 Å². The summed E-state index contributed by atoms with van der Waals surface area (Å²) in [6.07, 6.45) is 0. The molecule has 0 amide bonds. The summed E-state index contributed by atoms with van der Waals surface area (Å²) in [6, 6.07) is 40.0. The highest BCUT2D eigenvalue weighted by molar-refractivity contribution is 7.99. The second kappa shape index (κ2) is 8.17. The molecule has 0 aliphatic carbocycles. The molecule has 30 heavy (non-hydrogen) atoms. The number of fused-ring (bicyclic) bond motifs is 1. The van der Waals surface area contributed by atoms with Crippen LogP contribution in [-0.2, 0) is 6.54 Å². The summed E-state index contributed by atoms with van der Waals surface area (Å²) < 4.78 is 0. The van der Waals surface area contributed by atoms with Crippen molar-refractivity contribution in [2.24, 2.45) is 0 Å². The molecule has 1 nitrogen and oxygen atoms in total. The molecule has 0 aromatic heterocycles. The third-order valence-corrected chi connectivity index (χ3v) is 12.0. The highest BCUT2D eigenvalue weighted by Crippen LogP contribution is 2.33. The number of rotatable bonds is 4. The quantitative estimate of drug-likeness (QED) is 0.341. The van der Waals surface area contributed by atoms with Crippen molar-refractivity contribution in [3.8, 4) is 0 Å². The van der Waals surface area contributed by atoms with Gasteiger partial charge in [-0.05, 0) is 33.3 Å². The SMILES string of the molecule is C[Si](c1ccccc1)(c1ccccc1)c1cccc2c1SCN(c1ccccc1)C2. The van der Waals surface area contributed by atoms with Crippen molar-refractivity contribution < 1.29 is 0 Å². The van der Waals surface area contributed by atoms with Crippen LogP contribution in [0.15, 0.2) is 114 Å². The van der Waals surface area contributed by atoms with E-state index in [-0.39, 0.29) is 0 Å². The summed E-state index contributed by atoms with van der Waals surface area (Å²) in [7, 11) is -2.10. The second-order valence-electron chi connectivity index (χ2n) is 7.96. The summed E-state index contributed by atoms with van der Waals surface area (Å²) in [5, 5.41) is 4.47. The van der Waals surface area contributed by atoms with Crippen molar-refractivity contribution in [1.82, 2.24) is 0 Å². The highest BCUT2D eigenvalue weighted by Gasteiger charge is 2.37. The van der Waals surface area contributed by atoms with E-state index < -0.39 is 8.07 Å². The Bertz CT molecular complexity index is 1090. The summed E-state index contributed by atoms with van der Waals surface area (Å²) in [6.45, 7) is 3.48. The molecule has 0 atom stereocenters. The molecule has 4 aromatic carbocycles. The van der Waals surface area contributed by atoms with E-state index in [9.17, 15) is 0 Å². The molecule has 0 saturated carbocycles. The van der Waals surface area contributed by atoms with Crippen LogP contribution in [0.1, 0.15) is 5.56 Å². The summed E-state index contributed by atoms with van der Waals surface area (Å²) >= 11 is 2.00. The van der Waals surface area contributed by atoms with Crippen molar-refractivity contribution in [3.05, 3.63) is 115 Å². The van der Waals surface area contributed by atoms with E-state index in [4.69, 9.17) is 0 Å². The lowest BCUT2D eigenvalue weighted by molar-refractivity contribution is 0.869. The van der Waals surface area contributed by atoms with Crippen LogP contribution in [0, 0.1) is 0 Å². The molecule has 0 radical (unpaired) electrons. The Hall–Kier alpha value is -2.75. The Morgan fingerprint density at radius 1 is 0.667 bits per heavy atom. The number of hydrogen-bond donors (Lipinski definition) is 0. The summed E-state index contributed by atoms with van der Waals surface area (Å²) in [4.78, 5) is 3.97. The Kier molecular flexibility index (Phi) is 5.24. The van der Waals surface area contributed by atoms with E-state index in [0.717, 1.165) is 12.4 Å². The first kappa shape index (κ1) is 19.2. The van der Waals surface area contributed by atoms with Crippen LogP contribution in [0.3, 0.4) is 0 Å². The minimum Gasteiger partial charge on any atom is -0.358 e. The van der Waals surface area contributed by atoms with Crippen molar-refractivity contribution >= 4 is 41.1 Å². The largest absolute Gasteiger partial charge is 0.358 e. The molecule has 0 unspecified atom stereocenters. The molecule has 1 aliphatic rings. The second-order valence-corrected chi connectivity index (χ2v) is 12.9. The van der Waals surface area contributed by atoms with Gasteiger partial charge >= 0.3 is 0 Å². The third kappa shape index (κ3) is 3.38. The van der Waals surface area contributed by atoms with E-state index in [1.165, 1.54) is 31.7 Å². The smallest absolute Gasteiger partial charge is 0.146 e. The van der Waals surface area contributed by atoms with Gasteiger partial charge in [0.1, 0.15) is 8.07 Å². The Morgan fingerprint density at radius 3 is 1.83 bits per heavy atom.